The van der Waals surface area contributed by atoms with E-state index in [0.717, 1.165) is 8.66 Å². The normalized spacial score (nSPS) is 12.2. The van der Waals surface area contributed by atoms with Crippen molar-refractivity contribution in [1.29, 1.82) is 0 Å². The zero-order valence-corrected chi connectivity index (χ0v) is 13.9. The second kappa shape index (κ2) is 6.02. The summed E-state index contributed by atoms with van der Waals surface area (Å²) in [6.07, 6.45) is 0. The van der Waals surface area contributed by atoms with Crippen molar-refractivity contribution in [2.24, 2.45) is 0 Å². The molecule has 4 nitrogen and oxygen atoms in total. The van der Waals surface area contributed by atoms with Gasteiger partial charge in [-0.05, 0) is 47.1 Å². The van der Waals surface area contributed by atoms with Crippen LogP contribution in [-0.2, 0) is 0 Å². The number of nitro groups is 1. The van der Waals surface area contributed by atoms with Crippen molar-refractivity contribution in [3.05, 3.63) is 53.6 Å². The van der Waals surface area contributed by atoms with Crippen LogP contribution >= 0.6 is 43.2 Å². The maximum absolute atomic E-state index is 11.0. The van der Waals surface area contributed by atoms with E-state index in [0.29, 0.717) is 10.2 Å². The number of anilines is 1. The molecule has 1 atom stereocenters. The molecule has 0 bridgehead atoms. The van der Waals surface area contributed by atoms with Gasteiger partial charge in [0.2, 0.25) is 0 Å². The molecule has 1 unspecified atom stereocenters. The molecule has 0 aliphatic heterocycles. The summed E-state index contributed by atoms with van der Waals surface area (Å²) in [5.74, 6) is 0. The standard InChI is InChI=1S/C12H10Br2N2O2S/c1-7(11-4-5-12(14)19-11)15-9-3-2-8(13)6-10(9)16(17)18/h2-7,15H,1H3. The smallest absolute Gasteiger partial charge is 0.293 e. The van der Waals surface area contributed by atoms with Crippen LogP contribution in [-0.4, -0.2) is 4.92 Å². The fourth-order valence-corrected chi connectivity index (χ4v) is 3.42. The van der Waals surface area contributed by atoms with Crippen LogP contribution in [0.25, 0.3) is 0 Å². The van der Waals surface area contributed by atoms with Gasteiger partial charge in [-0.15, -0.1) is 11.3 Å². The van der Waals surface area contributed by atoms with Gasteiger partial charge in [0.15, 0.2) is 0 Å². The van der Waals surface area contributed by atoms with E-state index in [1.165, 1.54) is 6.07 Å². The Balaban J connectivity index is 2.26. The first-order valence-electron chi connectivity index (χ1n) is 5.43. The summed E-state index contributed by atoms with van der Waals surface area (Å²) in [6.45, 7) is 1.98. The predicted molar refractivity (Wildman–Crippen MR) is 84.9 cm³/mol. The number of nitro benzene ring substituents is 1. The maximum atomic E-state index is 11.0. The molecule has 0 amide bonds. The first-order valence-corrected chi connectivity index (χ1v) is 7.83. The van der Waals surface area contributed by atoms with Gasteiger partial charge in [-0.1, -0.05) is 15.9 Å². The lowest BCUT2D eigenvalue weighted by Gasteiger charge is -2.13. The van der Waals surface area contributed by atoms with E-state index in [2.05, 4.69) is 37.2 Å². The highest BCUT2D eigenvalue weighted by Gasteiger charge is 2.17. The third-order valence-electron chi connectivity index (χ3n) is 2.55. The molecular weight excluding hydrogens is 396 g/mol. The molecule has 1 aromatic carbocycles. The Hall–Kier alpha value is -0.920. The zero-order chi connectivity index (χ0) is 14.0. The minimum Gasteiger partial charge on any atom is -0.372 e. The van der Waals surface area contributed by atoms with Crippen LogP contribution in [0.1, 0.15) is 17.8 Å². The molecule has 0 spiro atoms. The Labute approximate surface area is 131 Å². The second-order valence-electron chi connectivity index (χ2n) is 3.93. The summed E-state index contributed by atoms with van der Waals surface area (Å²) >= 11 is 8.26. The molecule has 0 saturated carbocycles. The van der Waals surface area contributed by atoms with E-state index in [4.69, 9.17) is 0 Å². The Kier molecular flexibility index (Phi) is 4.59. The van der Waals surface area contributed by atoms with Crippen molar-refractivity contribution in [3.8, 4) is 0 Å². The fourth-order valence-electron chi connectivity index (χ4n) is 1.64. The molecule has 0 aliphatic carbocycles. The number of thiophene rings is 1. The molecule has 0 aliphatic rings. The van der Waals surface area contributed by atoms with Gasteiger partial charge in [-0.3, -0.25) is 10.1 Å². The molecule has 1 N–H and O–H groups in total. The number of benzene rings is 1. The van der Waals surface area contributed by atoms with E-state index >= 15 is 0 Å². The molecule has 0 saturated heterocycles. The summed E-state index contributed by atoms with van der Waals surface area (Å²) in [7, 11) is 0. The van der Waals surface area contributed by atoms with Gasteiger partial charge in [0.25, 0.3) is 5.69 Å². The van der Waals surface area contributed by atoms with Gasteiger partial charge in [0, 0.05) is 15.4 Å². The quantitative estimate of drug-likeness (QED) is 0.550. The molecule has 1 heterocycles. The van der Waals surface area contributed by atoms with Crippen molar-refractivity contribution < 1.29 is 4.92 Å². The number of hydrogen-bond acceptors (Lipinski definition) is 4. The fraction of sp³-hybridized carbons (Fsp3) is 0.167. The van der Waals surface area contributed by atoms with E-state index in [-0.39, 0.29) is 16.7 Å². The average molecular weight is 406 g/mol. The van der Waals surface area contributed by atoms with Crippen molar-refractivity contribution in [2.75, 3.05) is 5.32 Å². The van der Waals surface area contributed by atoms with Gasteiger partial charge in [-0.25, -0.2) is 0 Å². The number of nitrogens with one attached hydrogen (secondary N) is 1. The van der Waals surface area contributed by atoms with Gasteiger partial charge >= 0.3 is 0 Å². The number of halogens is 2. The monoisotopic (exact) mass is 404 g/mol. The van der Waals surface area contributed by atoms with Crippen LogP contribution in [0.5, 0.6) is 0 Å². The predicted octanol–water partition coefficient (Wildman–Crippen LogP) is 5.35. The lowest BCUT2D eigenvalue weighted by Crippen LogP contribution is -2.06. The van der Waals surface area contributed by atoms with Crippen LogP contribution in [0.3, 0.4) is 0 Å². The minimum absolute atomic E-state index is 0.0103. The maximum Gasteiger partial charge on any atom is 0.293 e. The third kappa shape index (κ3) is 3.55. The van der Waals surface area contributed by atoms with E-state index in [9.17, 15) is 10.1 Å². The van der Waals surface area contributed by atoms with Gasteiger partial charge in [0.1, 0.15) is 5.69 Å². The molecular formula is C12H10Br2N2O2S. The molecule has 19 heavy (non-hydrogen) atoms. The molecule has 0 fully saturated rings. The third-order valence-corrected chi connectivity index (χ3v) is 4.85. The number of nitrogens with zero attached hydrogens (tertiary/aromatic N) is 1. The highest BCUT2D eigenvalue weighted by Crippen LogP contribution is 2.33. The van der Waals surface area contributed by atoms with Crippen LogP contribution in [0.4, 0.5) is 11.4 Å². The average Bonchev–Trinajstić information content (AvgIpc) is 2.78. The lowest BCUT2D eigenvalue weighted by atomic mass is 10.2. The topological polar surface area (TPSA) is 55.2 Å². The number of hydrogen-bond donors (Lipinski definition) is 1. The van der Waals surface area contributed by atoms with Crippen LogP contribution in [0, 0.1) is 10.1 Å². The summed E-state index contributed by atoms with van der Waals surface area (Å²) in [5.41, 5.74) is 0.585. The molecule has 100 valence electrons. The summed E-state index contributed by atoms with van der Waals surface area (Å²) in [4.78, 5) is 11.8. The van der Waals surface area contributed by atoms with Crippen molar-refractivity contribution >= 4 is 54.6 Å². The van der Waals surface area contributed by atoms with Crippen LogP contribution < -0.4 is 5.32 Å². The Bertz CT molecular complexity index is 616. The molecule has 7 heteroatoms. The second-order valence-corrected chi connectivity index (χ2v) is 7.34. The molecule has 1 aromatic heterocycles. The van der Waals surface area contributed by atoms with E-state index in [1.807, 2.05) is 19.1 Å². The zero-order valence-electron chi connectivity index (χ0n) is 9.89. The molecule has 0 radical (unpaired) electrons. The van der Waals surface area contributed by atoms with E-state index in [1.54, 1.807) is 23.5 Å². The highest BCUT2D eigenvalue weighted by atomic mass is 79.9. The summed E-state index contributed by atoms with van der Waals surface area (Å²) < 4.78 is 1.73. The van der Waals surface area contributed by atoms with Crippen molar-refractivity contribution in [1.82, 2.24) is 0 Å². The van der Waals surface area contributed by atoms with E-state index < -0.39 is 0 Å². The first-order chi connectivity index (χ1) is 8.97. The molecule has 2 aromatic rings. The molecule has 2 rings (SSSR count). The Morgan fingerprint density at radius 1 is 1.32 bits per heavy atom. The Morgan fingerprint density at radius 2 is 2.05 bits per heavy atom. The largest absolute Gasteiger partial charge is 0.372 e. The lowest BCUT2D eigenvalue weighted by molar-refractivity contribution is -0.384. The van der Waals surface area contributed by atoms with Crippen LogP contribution in [0.2, 0.25) is 0 Å². The van der Waals surface area contributed by atoms with Gasteiger partial charge < -0.3 is 5.32 Å². The number of rotatable bonds is 4. The minimum atomic E-state index is -0.385. The van der Waals surface area contributed by atoms with Gasteiger partial charge in [0.05, 0.1) is 14.8 Å². The summed E-state index contributed by atoms with van der Waals surface area (Å²) in [5, 5.41) is 14.2. The highest BCUT2D eigenvalue weighted by molar-refractivity contribution is 9.11. The first kappa shape index (κ1) is 14.5. The van der Waals surface area contributed by atoms with Gasteiger partial charge in [-0.2, -0.15) is 0 Å². The Morgan fingerprint density at radius 3 is 2.63 bits per heavy atom. The van der Waals surface area contributed by atoms with Crippen molar-refractivity contribution in [3.63, 3.8) is 0 Å². The summed E-state index contributed by atoms with van der Waals surface area (Å²) in [6, 6.07) is 8.97. The SMILES string of the molecule is CC(Nc1ccc(Br)cc1[N+](=O)[O-])c1ccc(Br)s1. The van der Waals surface area contributed by atoms with Crippen LogP contribution in [0.15, 0.2) is 38.6 Å². The van der Waals surface area contributed by atoms with Crippen molar-refractivity contribution in [2.45, 2.75) is 13.0 Å².